The predicted molar refractivity (Wildman–Crippen MR) is 126 cm³/mol. The summed E-state index contributed by atoms with van der Waals surface area (Å²) in [6.07, 6.45) is 6.27. The second-order valence-electron chi connectivity index (χ2n) is 9.73. The maximum atomic E-state index is 14.8. The second kappa shape index (κ2) is 11.6. The molecular weight excluding hydrogens is 460 g/mol. The lowest BCUT2D eigenvalue weighted by molar-refractivity contribution is 0.0654. The Morgan fingerprint density at radius 1 is 0.657 bits per heavy atom. The van der Waals surface area contributed by atoms with Crippen molar-refractivity contribution in [3.8, 4) is 11.5 Å². The first-order chi connectivity index (χ1) is 16.9. The molecule has 0 heterocycles. The van der Waals surface area contributed by atoms with E-state index in [9.17, 15) is 17.6 Å². The zero-order chi connectivity index (χ0) is 24.9. The zero-order valence-corrected chi connectivity index (χ0v) is 20.4. The Hall–Kier alpha value is -2.28. The summed E-state index contributed by atoms with van der Waals surface area (Å²) in [5.41, 5.74) is 0.781. The largest absolute Gasteiger partial charge is 0.491 e. The van der Waals surface area contributed by atoms with Gasteiger partial charge in [-0.25, -0.2) is 8.78 Å². The molecule has 2 aromatic carbocycles. The number of ether oxygens (including phenoxy) is 3. The highest BCUT2D eigenvalue weighted by molar-refractivity contribution is 5.34. The molecule has 0 aromatic heterocycles. The highest BCUT2D eigenvalue weighted by Crippen LogP contribution is 2.40. The first-order valence-corrected chi connectivity index (χ1v) is 12.7. The molecule has 2 aliphatic carbocycles. The van der Waals surface area contributed by atoms with Crippen molar-refractivity contribution in [3.05, 3.63) is 58.7 Å². The predicted octanol–water partition coefficient (Wildman–Crippen LogP) is 7.67. The fraction of sp³-hybridized carbons (Fsp3) is 0.571. The Labute approximate surface area is 204 Å². The van der Waals surface area contributed by atoms with Crippen LogP contribution in [0.5, 0.6) is 11.5 Å². The molecule has 0 amide bonds. The first kappa shape index (κ1) is 25.8. The summed E-state index contributed by atoms with van der Waals surface area (Å²) in [6.45, 7) is 2.25. The van der Waals surface area contributed by atoms with Crippen molar-refractivity contribution in [1.82, 2.24) is 0 Å². The van der Waals surface area contributed by atoms with Crippen LogP contribution in [0.15, 0.2) is 24.3 Å². The van der Waals surface area contributed by atoms with Crippen LogP contribution in [-0.2, 0) is 4.74 Å². The number of rotatable bonds is 8. The number of benzene rings is 2. The summed E-state index contributed by atoms with van der Waals surface area (Å²) in [5, 5.41) is 0. The summed E-state index contributed by atoms with van der Waals surface area (Å²) >= 11 is 0. The van der Waals surface area contributed by atoms with Crippen LogP contribution in [-0.4, -0.2) is 26.4 Å². The van der Waals surface area contributed by atoms with Crippen molar-refractivity contribution in [3.63, 3.8) is 0 Å². The van der Waals surface area contributed by atoms with E-state index in [-0.39, 0.29) is 48.6 Å². The molecule has 0 atom stereocenters. The first-order valence-electron chi connectivity index (χ1n) is 12.7. The van der Waals surface area contributed by atoms with Crippen LogP contribution in [0.25, 0.3) is 0 Å². The molecule has 2 fully saturated rings. The highest BCUT2D eigenvalue weighted by atomic mass is 19.2. The van der Waals surface area contributed by atoms with Gasteiger partial charge < -0.3 is 14.2 Å². The summed E-state index contributed by atoms with van der Waals surface area (Å²) in [6, 6.07) is 6.26. The lowest BCUT2D eigenvalue weighted by atomic mass is 9.79. The Morgan fingerprint density at radius 2 is 1.14 bits per heavy atom. The van der Waals surface area contributed by atoms with E-state index in [4.69, 9.17) is 14.2 Å². The number of hydrogen-bond donors (Lipinski definition) is 0. The minimum absolute atomic E-state index is 0.00643. The van der Waals surface area contributed by atoms with Gasteiger partial charge >= 0.3 is 0 Å². The fourth-order valence-electron chi connectivity index (χ4n) is 5.56. The van der Waals surface area contributed by atoms with Gasteiger partial charge in [-0.1, -0.05) is 12.1 Å². The maximum absolute atomic E-state index is 14.8. The molecule has 2 saturated carbocycles. The number of methoxy groups -OCH3 is 1. The topological polar surface area (TPSA) is 27.7 Å². The van der Waals surface area contributed by atoms with Crippen molar-refractivity contribution in [2.24, 2.45) is 5.92 Å². The van der Waals surface area contributed by atoms with E-state index in [2.05, 4.69) is 0 Å². The molecule has 35 heavy (non-hydrogen) atoms. The van der Waals surface area contributed by atoms with Gasteiger partial charge in [0.2, 0.25) is 11.6 Å². The van der Waals surface area contributed by atoms with Crippen LogP contribution in [0.2, 0.25) is 0 Å². The standard InChI is InChI=1S/C28H34F4O3/c1-3-34-23-14-12-21(25(29)27(23)31)18-6-4-17(5-7-18)16-35-24-15-13-22(26(30)28(24)32)19-8-10-20(33-2)11-9-19/h12-15,17-20H,3-11,16H2,1-2H3. The van der Waals surface area contributed by atoms with Crippen LogP contribution >= 0.6 is 0 Å². The van der Waals surface area contributed by atoms with E-state index in [1.165, 1.54) is 12.1 Å². The SMILES string of the molecule is CCOc1ccc(C2CCC(COc3ccc(C4CCC(OC)CC4)c(F)c3F)CC2)c(F)c1F. The molecule has 2 aromatic rings. The minimum atomic E-state index is -0.942. The molecule has 0 aliphatic heterocycles. The molecule has 4 rings (SSSR count). The molecule has 192 valence electrons. The molecule has 2 aliphatic rings. The van der Waals surface area contributed by atoms with Gasteiger partial charge in [-0.05, 0) is 99.3 Å². The Morgan fingerprint density at radius 3 is 1.63 bits per heavy atom. The molecule has 0 unspecified atom stereocenters. The summed E-state index contributed by atoms with van der Waals surface area (Å²) in [7, 11) is 1.68. The Balaban J connectivity index is 1.31. The van der Waals surface area contributed by atoms with Crippen LogP contribution in [0.3, 0.4) is 0 Å². The molecule has 0 saturated heterocycles. The lowest BCUT2D eigenvalue weighted by Gasteiger charge is -2.29. The molecule has 3 nitrogen and oxygen atoms in total. The molecule has 0 radical (unpaired) electrons. The molecule has 0 bridgehead atoms. The smallest absolute Gasteiger partial charge is 0.200 e. The number of halogens is 4. The normalized spacial score (nSPS) is 24.9. The van der Waals surface area contributed by atoms with Gasteiger partial charge in [-0.15, -0.1) is 0 Å². The molecule has 7 heteroatoms. The van der Waals surface area contributed by atoms with Crippen LogP contribution in [0.1, 0.15) is 81.3 Å². The van der Waals surface area contributed by atoms with E-state index in [1.54, 1.807) is 26.2 Å². The van der Waals surface area contributed by atoms with Gasteiger partial charge in [0.25, 0.3) is 0 Å². The van der Waals surface area contributed by atoms with E-state index < -0.39 is 23.3 Å². The van der Waals surface area contributed by atoms with E-state index >= 15 is 0 Å². The van der Waals surface area contributed by atoms with Gasteiger partial charge in [0.1, 0.15) is 0 Å². The van der Waals surface area contributed by atoms with Crippen molar-refractivity contribution in [1.29, 1.82) is 0 Å². The minimum Gasteiger partial charge on any atom is -0.491 e. The summed E-state index contributed by atoms with van der Waals surface area (Å²) in [5.74, 6) is -3.62. The van der Waals surface area contributed by atoms with Crippen LogP contribution in [0, 0.1) is 29.2 Å². The van der Waals surface area contributed by atoms with Gasteiger partial charge in [-0.2, -0.15) is 8.78 Å². The van der Waals surface area contributed by atoms with Gasteiger partial charge in [0.05, 0.1) is 19.3 Å². The lowest BCUT2D eigenvalue weighted by Crippen LogP contribution is -2.21. The summed E-state index contributed by atoms with van der Waals surface area (Å²) < 4.78 is 74.5. The van der Waals surface area contributed by atoms with Crippen molar-refractivity contribution < 1.29 is 31.8 Å². The third kappa shape index (κ3) is 5.76. The number of hydrogen-bond acceptors (Lipinski definition) is 3. The quantitative estimate of drug-likeness (QED) is 0.353. The van der Waals surface area contributed by atoms with E-state index in [0.717, 1.165) is 38.5 Å². The van der Waals surface area contributed by atoms with Crippen LogP contribution < -0.4 is 9.47 Å². The Kier molecular flexibility index (Phi) is 8.58. The average molecular weight is 495 g/mol. The van der Waals surface area contributed by atoms with Gasteiger partial charge in [-0.3, -0.25) is 0 Å². The van der Waals surface area contributed by atoms with Crippen molar-refractivity contribution in [2.45, 2.75) is 76.2 Å². The van der Waals surface area contributed by atoms with Crippen molar-refractivity contribution >= 4 is 0 Å². The third-order valence-electron chi connectivity index (χ3n) is 7.66. The second-order valence-corrected chi connectivity index (χ2v) is 9.73. The molecular formula is C28H34F4O3. The fourth-order valence-corrected chi connectivity index (χ4v) is 5.56. The molecule has 0 spiro atoms. The monoisotopic (exact) mass is 494 g/mol. The Bertz CT molecular complexity index is 996. The van der Waals surface area contributed by atoms with E-state index in [1.807, 2.05) is 0 Å². The molecule has 0 N–H and O–H groups in total. The average Bonchev–Trinajstić information content (AvgIpc) is 2.88. The van der Waals surface area contributed by atoms with Gasteiger partial charge in [0, 0.05) is 7.11 Å². The maximum Gasteiger partial charge on any atom is 0.200 e. The van der Waals surface area contributed by atoms with Gasteiger partial charge in [0.15, 0.2) is 23.1 Å². The highest BCUT2D eigenvalue weighted by Gasteiger charge is 2.29. The van der Waals surface area contributed by atoms with Crippen LogP contribution in [0.4, 0.5) is 17.6 Å². The van der Waals surface area contributed by atoms with Crippen molar-refractivity contribution in [2.75, 3.05) is 20.3 Å². The zero-order valence-electron chi connectivity index (χ0n) is 20.4. The third-order valence-corrected chi connectivity index (χ3v) is 7.66. The van der Waals surface area contributed by atoms with E-state index in [0.29, 0.717) is 24.0 Å². The summed E-state index contributed by atoms with van der Waals surface area (Å²) in [4.78, 5) is 0.